The zero-order valence-corrected chi connectivity index (χ0v) is 14.5. The van der Waals surface area contributed by atoms with Gasteiger partial charge in [-0.25, -0.2) is 0 Å². The van der Waals surface area contributed by atoms with Crippen molar-refractivity contribution in [1.29, 1.82) is 0 Å². The number of hydrogen-bond donors (Lipinski definition) is 1. The Hall–Kier alpha value is -2.33. The summed E-state index contributed by atoms with van der Waals surface area (Å²) >= 11 is 0. The SMILES string of the molecule is Cc1cc(N)cc2c1C(C)(C)C(=O)N2CCOCc1ccccc1. The fraction of sp³-hybridized carbons (Fsp3) is 0.350. The van der Waals surface area contributed by atoms with Gasteiger partial charge in [0, 0.05) is 12.2 Å². The molecule has 0 atom stereocenters. The van der Waals surface area contributed by atoms with Crippen LogP contribution in [0.1, 0.15) is 30.5 Å². The molecule has 0 unspecified atom stereocenters. The second kappa shape index (κ2) is 6.29. The van der Waals surface area contributed by atoms with E-state index >= 15 is 0 Å². The zero-order valence-electron chi connectivity index (χ0n) is 14.5. The Bertz CT molecular complexity index is 754. The van der Waals surface area contributed by atoms with Crippen LogP contribution in [0.2, 0.25) is 0 Å². The number of nitrogen functional groups attached to an aromatic ring is 1. The lowest BCUT2D eigenvalue weighted by molar-refractivity contribution is -0.122. The molecular weight excluding hydrogens is 300 g/mol. The Morgan fingerprint density at radius 2 is 1.88 bits per heavy atom. The summed E-state index contributed by atoms with van der Waals surface area (Å²) in [4.78, 5) is 14.7. The van der Waals surface area contributed by atoms with Crippen LogP contribution in [0.4, 0.5) is 11.4 Å². The molecule has 0 spiro atoms. The fourth-order valence-electron chi connectivity index (χ4n) is 3.52. The largest absolute Gasteiger partial charge is 0.399 e. The smallest absolute Gasteiger partial charge is 0.237 e. The van der Waals surface area contributed by atoms with Crippen molar-refractivity contribution in [1.82, 2.24) is 0 Å². The van der Waals surface area contributed by atoms with E-state index in [1.54, 1.807) is 0 Å². The van der Waals surface area contributed by atoms with Gasteiger partial charge in [-0.2, -0.15) is 0 Å². The van der Waals surface area contributed by atoms with E-state index in [1.807, 2.05) is 68.1 Å². The summed E-state index contributed by atoms with van der Waals surface area (Å²) < 4.78 is 5.75. The summed E-state index contributed by atoms with van der Waals surface area (Å²) in [5, 5.41) is 0. The first-order chi connectivity index (χ1) is 11.4. The van der Waals surface area contributed by atoms with Gasteiger partial charge in [-0.1, -0.05) is 30.3 Å². The van der Waals surface area contributed by atoms with E-state index < -0.39 is 5.41 Å². The number of hydrogen-bond acceptors (Lipinski definition) is 3. The lowest BCUT2D eigenvalue weighted by Gasteiger charge is -2.20. The van der Waals surface area contributed by atoms with Crippen molar-refractivity contribution in [3.63, 3.8) is 0 Å². The topological polar surface area (TPSA) is 55.6 Å². The molecule has 1 aliphatic heterocycles. The normalized spacial score (nSPS) is 15.6. The Kier molecular flexibility index (Phi) is 4.33. The third-order valence-electron chi connectivity index (χ3n) is 4.60. The van der Waals surface area contributed by atoms with Gasteiger partial charge in [-0.3, -0.25) is 4.79 Å². The molecule has 0 saturated heterocycles. The van der Waals surface area contributed by atoms with Gasteiger partial charge in [0.1, 0.15) is 0 Å². The first-order valence-electron chi connectivity index (χ1n) is 8.25. The van der Waals surface area contributed by atoms with Gasteiger partial charge in [0.2, 0.25) is 5.91 Å². The molecule has 0 saturated carbocycles. The predicted octanol–water partition coefficient (Wildman–Crippen LogP) is 3.42. The average molecular weight is 324 g/mol. The second-order valence-electron chi connectivity index (χ2n) is 6.85. The number of anilines is 2. The highest BCUT2D eigenvalue weighted by Gasteiger charge is 2.44. The molecule has 24 heavy (non-hydrogen) atoms. The van der Waals surface area contributed by atoms with Gasteiger partial charge in [-0.15, -0.1) is 0 Å². The van der Waals surface area contributed by atoms with Crippen LogP contribution >= 0.6 is 0 Å². The van der Waals surface area contributed by atoms with Gasteiger partial charge < -0.3 is 15.4 Å². The highest BCUT2D eigenvalue weighted by atomic mass is 16.5. The first kappa shape index (κ1) is 16.5. The van der Waals surface area contributed by atoms with Gasteiger partial charge in [0.25, 0.3) is 0 Å². The van der Waals surface area contributed by atoms with E-state index in [0.29, 0.717) is 25.4 Å². The Morgan fingerprint density at radius 3 is 2.58 bits per heavy atom. The number of amides is 1. The van der Waals surface area contributed by atoms with Gasteiger partial charge in [0.05, 0.1) is 24.3 Å². The van der Waals surface area contributed by atoms with Crippen molar-refractivity contribution < 1.29 is 9.53 Å². The van der Waals surface area contributed by atoms with E-state index in [-0.39, 0.29) is 5.91 Å². The molecule has 126 valence electrons. The molecule has 0 aromatic heterocycles. The van der Waals surface area contributed by atoms with Gasteiger partial charge in [-0.05, 0) is 49.6 Å². The summed E-state index contributed by atoms with van der Waals surface area (Å²) in [6, 6.07) is 13.9. The number of nitrogens with zero attached hydrogens (tertiary/aromatic N) is 1. The van der Waals surface area contributed by atoms with Crippen molar-refractivity contribution >= 4 is 17.3 Å². The minimum Gasteiger partial charge on any atom is -0.399 e. The predicted molar refractivity (Wildman–Crippen MR) is 97.1 cm³/mol. The summed E-state index contributed by atoms with van der Waals surface area (Å²) in [5.74, 6) is 0.106. The minimum absolute atomic E-state index is 0.106. The molecule has 0 bridgehead atoms. The van der Waals surface area contributed by atoms with Crippen molar-refractivity contribution in [2.45, 2.75) is 32.8 Å². The van der Waals surface area contributed by atoms with E-state index in [1.165, 1.54) is 0 Å². The van der Waals surface area contributed by atoms with Crippen LogP contribution in [0.3, 0.4) is 0 Å². The number of rotatable bonds is 5. The molecular formula is C20H24N2O2. The van der Waals surface area contributed by atoms with Gasteiger partial charge >= 0.3 is 0 Å². The standard InChI is InChI=1S/C20H24N2O2/c1-14-11-16(21)12-17-18(14)20(2,3)19(23)22(17)9-10-24-13-15-7-5-4-6-8-15/h4-8,11-12H,9-10,13,21H2,1-3H3. The van der Waals surface area contributed by atoms with Crippen LogP contribution in [0, 0.1) is 6.92 Å². The van der Waals surface area contributed by atoms with Crippen molar-refractivity contribution in [3.05, 3.63) is 59.2 Å². The van der Waals surface area contributed by atoms with E-state index in [0.717, 1.165) is 22.4 Å². The summed E-state index contributed by atoms with van der Waals surface area (Å²) in [6.45, 7) is 7.54. The van der Waals surface area contributed by atoms with E-state index in [2.05, 4.69) is 0 Å². The van der Waals surface area contributed by atoms with Crippen LogP contribution in [-0.2, 0) is 21.6 Å². The maximum atomic E-state index is 12.8. The quantitative estimate of drug-likeness (QED) is 0.677. The maximum absolute atomic E-state index is 12.8. The van der Waals surface area contributed by atoms with Crippen molar-refractivity contribution in [2.24, 2.45) is 0 Å². The van der Waals surface area contributed by atoms with E-state index in [9.17, 15) is 4.79 Å². The monoisotopic (exact) mass is 324 g/mol. The fourth-order valence-corrected chi connectivity index (χ4v) is 3.52. The number of aryl methyl sites for hydroxylation is 1. The van der Waals surface area contributed by atoms with E-state index in [4.69, 9.17) is 10.5 Å². The molecule has 1 amide bonds. The zero-order chi connectivity index (χ0) is 17.3. The Morgan fingerprint density at radius 1 is 1.17 bits per heavy atom. The summed E-state index contributed by atoms with van der Waals surface area (Å²) in [6.07, 6.45) is 0. The molecule has 0 radical (unpaired) electrons. The molecule has 0 aliphatic carbocycles. The summed E-state index contributed by atoms with van der Waals surface area (Å²) in [7, 11) is 0. The molecule has 0 fully saturated rings. The van der Waals surface area contributed by atoms with Crippen molar-refractivity contribution in [2.75, 3.05) is 23.8 Å². The number of fused-ring (bicyclic) bond motifs is 1. The molecule has 1 heterocycles. The average Bonchev–Trinajstić information content (AvgIpc) is 2.72. The van der Waals surface area contributed by atoms with Crippen molar-refractivity contribution in [3.8, 4) is 0 Å². The van der Waals surface area contributed by atoms with Crippen LogP contribution < -0.4 is 10.6 Å². The van der Waals surface area contributed by atoms with Crippen LogP contribution in [-0.4, -0.2) is 19.1 Å². The molecule has 1 aliphatic rings. The Balaban J connectivity index is 1.72. The number of nitrogens with two attached hydrogens (primary N) is 1. The van der Waals surface area contributed by atoms with Crippen LogP contribution in [0.15, 0.2) is 42.5 Å². The maximum Gasteiger partial charge on any atom is 0.237 e. The highest BCUT2D eigenvalue weighted by molar-refractivity contribution is 6.08. The Labute approximate surface area is 143 Å². The number of ether oxygens (including phenoxy) is 1. The lowest BCUT2D eigenvalue weighted by atomic mass is 9.83. The molecule has 4 nitrogen and oxygen atoms in total. The third-order valence-corrected chi connectivity index (χ3v) is 4.60. The molecule has 4 heteroatoms. The van der Waals surface area contributed by atoms with Gasteiger partial charge in [0.15, 0.2) is 0 Å². The molecule has 2 aromatic rings. The lowest BCUT2D eigenvalue weighted by Crippen LogP contribution is -2.38. The molecule has 3 rings (SSSR count). The third kappa shape index (κ3) is 2.89. The highest BCUT2D eigenvalue weighted by Crippen LogP contribution is 2.44. The minimum atomic E-state index is -0.521. The summed E-state index contributed by atoms with van der Waals surface area (Å²) in [5.41, 5.74) is 10.3. The first-order valence-corrected chi connectivity index (χ1v) is 8.25. The number of benzene rings is 2. The second-order valence-corrected chi connectivity index (χ2v) is 6.85. The number of carbonyl (C=O) groups is 1. The number of carbonyl (C=O) groups excluding carboxylic acids is 1. The molecule has 2 N–H and O–H groups in total. The van der Waals surface area contributed by atoms with Crippen LogP contribution in [0.25, 0.3) is 0 Å². The van der Waals surface area contributed by atoms with Crippen LogP contribution in [0.5, 0.6) is 0 Å². The molecule has 2 aromatic carbocycles.